The van der Waals surface area contributed by atoms with E-state index >= 15 is 0 Å². The summed E-state index contributed by atoms with van der Waals surface area (Å²) in [4.78, 5) is 28.2. The Hall–Kier alpha value is -1.14. The van der Waals surface area contributed by atoms with E-state index in [1.807, 2.05) is 13.8 Å². The summed E-state index contributed by atoms with van der Waals surface area (Å²) in [5, 5.41) is 9.44. The summed E-state index contributed by atoms with van der Waals surface area (Å²) >= 11 is 0. The van der Waals surface area contributed by atoms with Gasteiger partial charge in [-0.3, -0.25) is 9.59 Å². The van der Waals surface area contributed by atoms with Crippen LogP contribution in [0.15, 0.2) is 0 Å². The third-order valence-corrected chi connectivity index (χ3v) is 11.5. The Morgan fingerprint density at radius 2 is 0.849 bits per heavy atom. The van der Waals surface area contributed by atoms with Crippen LogP contribution in [-0.4, -0.2) is 61.4 Å². The SMILES string of the molecule is CCCCCCCCCOC(=O)C(C)(C)CCCCCCN(CCCO)CCCCCCC(C)(C)C(=O)OCCC(CCCCCC)CCCCCC. The van der Waals surface area contributed by atoms with E-state index in [2.05, 4.69) is 39.5 Å². The van der Waals surface area contributed by atoms with Crippen molar-refractivity contribution in [2.45, 2.75) is 235 Å². The summed E-state index contributed by atoms with van der Waals surface area (Å²) in [5.74, 6) is 0.628. The zero-order valence-corrected chi connectivity index (χ0v) is 36.9. The Labute approximate surface area is 331 Å². The molecule has 0 saturated heterocycles. The lowest BCUT2D eigenvalue weighted by Crippen LogP contribution is -2.28. The van der Waals surface area contributed by atoms with Crippen molar-refractivity contribution in [2.75, 3.05) is 39.5 Å². The van der Waals surface area contributed by atoms with Gasteiger partial charge in [0.05, 0.1) is 24.0 Å². The van der Waals surface area contributed by atoms with Crippen molar-refractivity contribution in [3.8, 4) is 0 Å². The molecule has 0 heterocycles. The highest BCUT2D eigenvalue weighted by Crippen LogP contribution is 2.28. The Kier molecular flexibility index (Phi) is 34.5. The maximum Gasteiger partial charge on any atom is 0.311 e. The largest absolute Gasteiger partial charge is 0.465 e. The van der Waals surface area contributed by atoms with Gasteiger partial charge in [-0.2, -0.15) is 0 Å². The highest BCUT2D eigenvalue weighted by Gasteiger charge is 2.29. The number of carbonyl (C=O) groups is 2. The standard InChI is InChI=1S/C47H93NO5/c1-8-11-14-17-18-23-30-41-52-44(50)46(4,5)35-26-19-21-28-37-48(39-31-40-49)38-29-22-20-27-36-47(6,7)45(51)53-42-34-43(32-24-15-12-9-2)33-25-16-13-10-3/h43,49H,8-42H2,1-7H3. The summed E-state index contributed by atoms with van der Waals surface area (Å²) in [6.45, 7) is 19.4. The Bertz CT molecular complexity index is 816. The van der Waals surface area contributed by atoms with E-state index in [4.69, 9.17) is 9.47 Å². The van der Waals surface area contributed by atoms with Crippen LogP contribution in [0.1, 0.15) is 235 Å². The van der Waals surface area contributed by atoms with E-state index in [1.54, 1.807) is 0 Å². The van der Waals surface area contributed by atoms with Gasteiger partial charge >= 0.3 is 11.9 Å². The summed E-state index contributed by atoms with van der Waals surface area (Å²) in [7, 11) is 0. The molecule has 0 spiro atoms. The first kappa shape index (κ1) is 51.9. The quantitative estimate of drug-likeness (QED) is 0.0496. The van der Waals surface area contributed by atoms with Crippen molar-refractivity contribution < 1.29 is 24.2 Å². The minimum atomic E-state index is -0.423. The molecule has 316 valence electrons. The Balaban J connectivity index is 4.26. The van der Waals surface area contributed by atoms with Crippen molar-refractivity contribution in [2.24, 2.45) is 16.7 Å². The van der Waals surface area contributed by atoms with Gasteiger partial charge in [0.15, 0.2) is 0 Å². The number of rotatable bonds is 40. The lowest BCUT2D eigenvalue weighted by molar-refractivity contribution is -0.155. The van der Waals surface area contributed by atoms with Crippen LogP contribution >= 0.6 is 0 Å². The molecule has 0 aliphatic heterocycles. The van der Waals surface area contributed by atoms with Crippen LogP contribution in [0.25, 0.3) is 0 Å². The van der Waals surface area contributed by atoms with Gasteiger partial charge in [-0.15, -0.1) is 0 Å². The second kappa shape index (κ2) is 35.3. The molecule has 0 amide bonds. The second-order valence-electron chi connectivity index (χ2n) is 17.8. The fraction of sp³-hybridized carbons (Fsp3) is 0.957. The van der Waals surface area contributed by atoms with Crippen molar-refractivity contribution in [1.29, 1.82) is 0 Å². The first-order valence-corrected chi connectivity index (χ1v) is 23.2. The predicted molar refractivity (Wildman–Crippen MR) is 227 cm³/mol. The monoisotopic (exact) mass is 752 g/mol. The highest BCUT2D eigenvalue weighted by molar-refractivity contribution is 5.76. The molecular weight excluding hydrogens is 659 g/mol. The zero-order chi connectivity index (χ0) is 39.5. The highest BCUT2D eigenvalue weighted by atomic mass is 16.5. The predicted octanol–water partition coefficient (Wildman–Crippen LogP) is 13.4. The Morgan fingerprint density at radius 1 is 0.472 bits per heavy atom. The molecule has 0 radical (unpaired) electrons. The molecule has 1 N–H and O–H groups in total. The molecule has 0 aromatic carbocycles. The van der Waals surface area contributed by atoms with Crippen LogP contribution in [0.5, 0.6) is 0 Å². The number of unbranched alkanes of at least 4 members (excludes halogenated alkanes) is 18. The lowest BCUT2D eigenvalue weighted by Gasteiger charge is -2.24. The molecule has 0 aliphatic carbocycles. The Morgan fingerprint density at radius 3 is 1.32 bits per heavy atom. The molecule has 0 saturated carbocycles. The maximum absolute atomic E-state index is 13.0. The van der Waals surface area contributed by atoms with E-state index in [-0.39, 0.29) is 18.5 Å². The topological polar surface area (TPSA) is 76.1 Å². The van der Waals surface area contributed by atoms with Crippen LogP contribution in [0.2, 0.25) is 0 Å². The number of carbonyl (C=O) groups excluding carboxylic acids is 2. The first-order chi connectivity index (χ1) is 25.5. The molecule has 0 atom stereocenters. The fourth-order valence-corrected chi connectivity index (χ4v) is 7.43. The van der Waals surface area contributed by atoms with E-state index < -0.39 is 10.8 Å². The van der Waals surface area contributed by atoms with Crippen LogP contribution in [0.3, 0.4) is 0 Å². The van der Waals surface area contributed by atoms with Gasteiger partial charge in [0.2, 0.25) is 0 Å². The molecule has 6 heteroatoms. The summed E-state index contributed by atoms with van der Waals surface area (Å²) in [5.41, 5.74) is -0.832. The minimum absolute atomic E-state index is 0.0225. The lowest BCUT2D eigenvalue weighted by atomic mass is 9.87. The van der Waals surface area contributed by atoms with Gasteiger partial charge in [-0.05, 0) is 91.6 Å². The van der Waals surface area contributed by atoms with Crippen molar-refractivity contribution in [3.63, 3.8) is 0 Å². The van der Waals surface area contributed by atoms with Crippen LogP contribution in [0, 0.1) is 16.7 Å². The summed E-state index contributed by atoms with van der Waals surface area (Å²) in [6.07, 6.45) is 34.3. The zero-order valence-electron chi connectivity index (χ0n) is 36.9. The molecule has 0 fully saturated rings. The summed E-state index contributed by atoms with van der Waals surface area (Å²) < 4.78 is 11.5. The average Bonchev–Trinajstić information content (AvgIpc) is 3.13. The number of esters is 2. The molecular formula is C47H93NO5. The smallest absolute Gasteiger partial charge is 0.311 e. The van der Waals surface area contributed by atoms with Crippen molar-refractivity contribution in [3.05, 3.63) is 0 Å². The molecule has 0 aromatic rings. The molecule has 0 bridgehead atoms. The molecule has 0 rings (SSSR count). The number of hydrogen-bond donors (Lipinski definition) is 1. The van der Waals surface area contributed by atoms with E-state index in [9.17, 15) is 14.7 Å². The summed E-state index contributed by atoms with van der Waals surface area (Å²) in [6, 6.07) is 0. The van der Waals surface area contributed by atoms with E-state index in [0.29, 0.717) is 19.1 Å². The van der Waals surface area contributed by atoms with Crippen LogP contribution in [-0.2, 0) is 19.1 Å². The number of aliphatic hydroxyl groups is 1. The average molecular weight is 752 g/mol. The number of hydrogen-bond acceptors (Lipinski definition) is 6. The van der Waals surface area contributed by atoms with Crippen LogP contribution < -0.4 is 0 Å². The maximum atomic E-state index is 13.0. The molecule has 53 heavy (non-hydrogen) atoms. The van der Waals surface area contributed by atoms with Gasteiger partial charge in [-0.25, -0.2) is 0 Å². The number of ether oxygens (including phenoxy) is 2. The van der Waals surface area contributed by atoms with E-state index in [1.165, 1.54) is 109 Å². The van der Waals surface area contributed by atoms with Gasteiger partial charge in [0.1, 0.15) is 0 Å². The van der Waals surface area contributed by atoms with Gasteiger partial charge < -0.3 is 19.5 Å². The normalized spacial score (nSPS) is 12.3. The molecule has 0 unspecified atom stereocenters. The number of nitrogens with zero attached hydrogens (tertiary/aromatic N) is 1. The second-order valence-corrected chi connectivity index (χ2v) is 17.8. The van der Waals surface area contributed by atoms with Crippen LogP contribution in [0.4, 0.5) is 0 Å². The van der Waals surface area contributed by atoms with Gasteiger partial charge in [-0.1, -0.05) is 162 Å². The van der Waals surface area contributed by atoms with Gasteiger partial charge in [0.25, 0.3) is 0 Å². The third kappa shape index (κ3) is 30.7. The molecule has 0 aliphatic rings. The minimum Gasteiger partial charge on any atom is -0.465 e. The molecule has 6 nitrogen and oxygen atoms in total. The van der Waals surface area contributed by atoms with Crippen molar-refractivity contribution >= 4 is 11.9 Å². The third-order valence-electron chi connectivity index (χ3n) is 11.5. The van der Waals surface area contributed by atoms with Gasteiger partial charge in [0, 0.05) is 13.2 Å². The number of aliphatic hydroxyl groups excluding tert-OH is 1. The first-order valence-electron chi connectivity index (χ1n) is 23.2. The van der Waals surface area contributed by atoms with Crippen molar-refractivity contribution in [1.82, 2.24) is 4.90 Å². The molecule has 0 aromatic heterocycles. The fourth-order valence-electron chi connectivity index (χ4n) is 7.43. The van der Waals surface area contributed by atoms with E-state index in [0.717, 1.165) is 96.7 Å².